The maximum absolute atomic E-state index is 5.47. The van der Waals surface area contributed by atoms with E-state index in [1.54, 1.807) is 0 Å². The Morgan fingerprint density at radius 2 is 1.95 bits per heavy atom. The van der Waals surface area contributed by atoms with Crippen molar-refractivity contribution in [3.63, 3.8) is 0 Å². The van der Waals surface area contributed by atoms with E-state index in [1.165, 1.54) is 5.56 Å². The van der Waals surface area contributed by atoms with Gasteiger partial charge in [-0.1, -0.05) is 30.3 Å². The molecule has 0 amide bonds. The Morgan fingerprint density at radius 1 is 1.20 bits per heavy atom. The maximum atomic E-state index is 5.47. The zero-order chi connectivity index (χ0) is 14.4. The number of hydrogen-bond acceptors (Lipinski definition) is 3. The van der Waals surface area contributed by atoms with E-state index in [2.05, 4.69) is 15.8 Å². The molecular weight excluding hydrogens is 270 g/mol. The lowest BCUT2D eigenvalue weighted by molar-refractivity contribution is 0.525. The minimum Gasteiger partial charge on any atom is -0.460 e. The molecular formula is C15H17N3OS. The molecule has 4 nitrogen and oxygen atoms in total. The van der Waals surface area contributed by atoms with Crippen molar-refractivity contribution in [3.05, 3.63) is 59.5 Å². The number of aryl methyl sites for hydroxylation is 1. The molecule has 0 unspecified atom stereocenters. The smallest absolute Gasteiger partial charge is 0.187 e. The number of thiocarbonyl (C=S) groups is 1. The molecule has 0 radical (unpaired) electrons. The van der Waals surface area contributed by atoms with Crippen LogP contribution in [0.25, 0.3) is 0 Å². The maximum Gasteiger partial charge on any atom is 0.187 e. The lowest BCUT2D eigenvalue weighted by Crippen LogP contribution is -2.32. The highest BCUT2D eigenvalue weighted by atomic mass is 32.1. The van der Waals surface area contributed by atoms with Crippen molar-refractivity contribution in [2.75, 3.05) is 0 Å². The van der Waals surface area contributed by atoms with E-state index < -0.39 is 0 Å². The molecule has 1 aromatic heterocycles. The first kappa shape index (κ1) is 14.3. The normalized spacial score (nSPS) is 11.2. The number of nitrogens with zero attached hydrogens (tertiary/aromatic N) is 1. The summed E-state index contributed by atoms with van der Waals surface area (Å²) in [5.74, 6) is 1.60. The fraction of sp³-hybridized carbons (Fsp3) is 0.200. The molecule has 0 aliphatic heterocycles. The number of nitrogens with one attached hydrogen (secondary N) is 2. The molecule has 2 N–H and O–H groups in total. The zero-order valence-electron chi connectivity index (χ0n) is 11.5. The van der Waals surface area contributed by atoms with Crippen LogP contribution in [0.2, 0.25) is 0 Å². The van der Waals surface area contributed by atoms with Crippen LogP contribution in [-0.2, 0) is 6.54 Å². The van der Waals surface area contributed by atoms with Gasteiger partial charge >= 0.3 is 0 Å². The van der Waals surface area contributed by atoms with Gasteiger partial charge in [0.15, 0.2) is 5.11 Å². The van der Waals surface area contributed by atoms with Crippen molar-refractivity contribution in [2.45, 2.75) is 20.4 Å². The number of hydrazone groups is 1. The number of furan rings is 1. The van der Waals surface area contributed by atoms with Gasteiger partial charge in [-0.3, -0.25) is 5.43 Å². The van der Waals surface area contributed by atoms with Gasteiger partial charge in [-0.15, -0.1) is 0 Å². The predicted molar refractivity (Wildman–Crippen MR) is 84.7 cm³/mol. The Kier molecular flexibility index (Phi) is 4.90. The third-order valence-corrected chi connectivity index (χ3v) is 2.95. The van der Waals surface area contributed by atoms with Crippen molar-refractivity contribution in [3.8, 4) is 0 Å². The SMILES string of the molecule is C/C(=N/NC(=S)NCc1ccccc1)c1ccc(C)o1. The van der Waals surface area contributed by atoms with Crippen molar-refractivity contribution in [2.24, 2.45) is 5.10 Å². The van der Waals surface area contributed by atoms with E-state index in [1.807, 2.05) is 56.3 Å². The minimum absolute atomic E-state index is 0.483. The Bertz CT molecular complexity index is 605. The summed E-state index contributed by atoms with van der Waals surface area (Å²) in [4.78, 5) is 0. The molecule has 0 spiro atoms. The van der Waals surface area contributed by atoms with E-state index in [0.717, 1.165) is 17.2 Å². The molecule has 5 heteroatoms. The van der Waals surface area contributed by atoms with Gasteiger partial charge in [-0.2, -0.15) is 5.10 Å². The van der Waals surface area contributed by atoms with Crippen LogP contribution >= 0.6 is 12.2 Å². The monoisotopic (exact) mass is 287 g/mol. The highest BCUT2D eigenvalue weighted by Crippen LogP contribution is 2.07. The summed E-state index contributed by atoms with van der Waals surface area (Å²) in [6.07, 6.45) is 0. The third kappa shape index (κ3) is 4.20. The fourth-order valence-electron chi connectivity index (χ4n) is 1.64. The Labute approximate surface area is 123 Å². The zero-order valence-corrected chi connectivity index (χ0v) is 12.3. The number of benzene rings is 1. The van der Waals surface area contributed by atoms with Crippen LogP contribution in [0.4, 0.5) is 0 Å². The first-order valence-electron chi connectivity index (χ1n) is 6.34. The third-order valence-electron chi connectivity index (χ3n) is 2.72. The van der Waals surface area contributed by atoms with Crippen molar-refractivity contribution >= 4 is 23.0 Å². The Morgan fingerprint density at radius 3 is 2.60 bits per heavy atom. The fourth-order valence-corrected chi connectivity index (χ4v) is 1.75. The Hall–Kier alpha value is -2.14. The molecule has 1 heterocycles. The molecule has 0 atom stereocenters. The predicted octanol–water partition coefficient (Wildman–Crippen LogP) is 2.98. The first-order chi connectivity index (χ1) is 9.65. The molecule has 1 aromatic carbocycles. The largest absolute Gasteiger partial charge is 0.460 e. The highest BCUT2D eigenvalue weighted by molar-refractivity contribution is 7.80. The Balaban J connectivity index is 1.83. The number of hydrogen-bond donors (Lipinski definition) is 2. The van der Waals surface area contributed by atoms with E-state index in [-0.39, 0.29) is 0 Å². The lowest BCUT2D eigenvalue weighted by Gasteiger charge is -2.07. The van der Waals surface area contributed by atoms with Crippen LogP contribution in [0.5, 0.6) is 0 Å². The van der Waals surface area contributed by atoms with Crippen LogP contribution < -0.4 is 10.7 Å². The molecule has 104 valence electrons. The molecule has 20 heavy (non-hydrogen) atoms. The summed E-state index contributed by atoms with van der Waals surface area (Å²) in [7, 11) is 0. The summed E-state index contributed by atoms with van der Waals surface area (Å²) in [6.45, 7) is 4.43. The second-order valence-electron chi connectivity index (χ2n) is 4.39. The molecule has 0 saturated carbocycles. The quantitative estimate of drug-likeness (QED) is 0.515. The molecule has 0 aliphatic rings. The van der Waals surface area contributed by atoms with E-state index in [4.69, 9.17) is 16.6 Å². The minimum atomic E-state index is 0.483. The van der Waals surface area contributed by atoms with Crippen LogP contribution in [0.1, 0.15) is 24.0 Å². The van der Waals surface area contributed by atoms with Crippen LogP contribution in [0.3, 0.4) is 0 Å². The average molecular weight is 287 g/mol. The van der Waals surface area contributed by atoms with E-state index in [0.29, 0.717) is 11.7 Å². The summed E-state index contributed by atoms with van der Waals surface area (Å²) in [5, 5.41) is 7.77. The van der Waals surface area contributed by atoms with Crippen LogP contribution in [0, 0.1) is 6.92 Å². The molecule has 0 bridgehead atoms. The summed E-state index contributed by atoms with van der Waals surface area (Å²) < 4.78 is 5.47. The molecule has 2 aromatic rings. The average Bonchev–Trinajstić information content (AvgIpc) is 2.90. The second-order valence-corrected chi connectivity index (χ2v) is 4.80. The van der Waals surface area contributed by atoms with Gasteiger partial charge in [0.25, 0.3) is 0 Å². The highest BCUT2D eigenvalue weighted by Gasteiger charge is 2.02. The van der Waals surface area contributed by atoms with Crippen molar-refractivity contribution in [1.29, 1.82) is 0 Å². The van der Waals surface area contributed by atoms with E-state index in [9.17, 15) is 0 Å². The van der Waals surface area contributed by atoms with Gasteiger partial charge < -0.3 is 9.73 Å². The van der Waals surface area contributed by atoms with Crippen LogP contribution in [-0.4, -0.2) is 10.8 Å². The van der Waals surface area contributed by atoms with Gasteiger partial charge in [0.05, 0.1) is 0 Å². The molecule has 0 fully saturated rings. The van der Waals surface area contributed by atoms with Gasteiger partial charge in [-0.25, -0.2) is 0 Å². The molecule has 2 rings (SSSR count). The first-order valence-corrected chi connectivity index (χ1v) is 6.75. The van der Waals surface area contributed by atoms with Crippen LogP contribution in [0.15, 0.2) is 52.0 Å². The van der Waals surface area contributed by atoms with Gasteiger partial charge in [0.2, 0.25) is 0 Å². The van der Waals surface area contributed by atoms with Gasteiger partial charge in [0.1, 0.15) is 17.2 Å². The second kappa shape index (κ2) is 6.86. The summed E-state index contributed by atoms with van der Waals surface area (Å²) in [6, 6.07) is 13.8. The summed E-state index contributed by atoms with van der Waals surface area (Å²) >= 11 is 5.17. The van der Waals surface area contributed by atoms with Gasteiger partial charge in [0, 0.05) is 6.54 Å². The number of rotatable bonds is 4. The lowest BCUT2D eigenvalue weighted by atomic mass is 10.2. The standard InChI is InChI=1S/C15H17N3OS/c1-11-8-9-14(19-11)12(2)17-18-15(20)16-10-13-6-4-3-5-7-13/h3-9H,10H2,1-2H3,(H2,16,18,20)/b17-12-. The van der Waals surface area contributed by atoms with Crippen molar-refractivity contribution in [1.82, 2.24) is 10.7 Å². The summed E-state index contributed by atoms with van der Waals surface area (Å²) in [5.41, 5.74) is 4.73. The topological polar surface area (TPSA) is 49.6 Å². The van der Waals surface area contributed by atoms with E-state index >= 15 is 0 Å². The van der Waals surface area contributed by atoms with Gasteiger partial charge in [-0.05, 0) is 43.8 Å². The van der Waals surface area contributed by atoms with Crippen molar-refractivity contribution < 1.29 is 4.42 Å². The molecule has 0 saturated heterocycles. The molecule has 0 aliphatic carbocycles.